The summed E-state index contributed by atoms with van der Waals surface area (Å²) in [6.45, 7) is 0. The molecule has 0 aromatic heterocycles. The molecule has 128 valence electrons. The van der Waals surface area contributed by atoms with Crippen molar-refractivity contribution < 1.29 is 9.72 Å². The third-order valence-corrected chi connectivity index (χ3v) is 7.17. The Morgan fingerprint density at radius 3 is 2.79 bits per heavy atom. The minimum absolute atomic E-state index is 0.0129. The lowest BCUT2D eigenvalue weighted by atomic mass is 9.79. The lowest BCUT2D eigenvalue weighted by Crippen LogP contribution is -2.42. The van der Waals surface area contributed by atoms with Crippen LogP contribution in [0.5, 0.6) is 0 Å². The summed E-state index contributed by atoms with van der Waals surface area (Å²) < 4.78 is 0. The molecule has 0 aliphatic heterocycles. The van der Waals surface area contributed by atoms with E-state index in [4.69, 9.17) is 0 Å². The monoisotopic (exact) mass is 346 g/mol. The maximum absolute atomic E-state index is 12.6. The van der Waals surface area contributed by atoms with E-state index in [1.807, 2.05) is 0 Å². The molecular weight excluding hydrogens is 324 g/mol. The standard InChI is InChI=1S/C18H22N2O3S/c1-24-17-6-5-10(9-16(17)20(22)23)18(21)19-15-8-11-7-14(15)13-4-2-3-12(11)13/h5-6,9,11-15H,2-4,7-8H2,1H3,(H,19,21). The van der Waals surface area contributed by atoms with Gasteiger partial charge in [0.15, 0.2) is 0 Å². The number of carbonyl (C=O) groups excluding carboxylic acids is 1. The second kappa shape index (κ2) is 6.06. The lowest BCUT2D eigenvalue weighted by Gasteiger charge is -2.32. The van der Waals surface area contributed by atoms with Gasteiger partial charge in [0.25, 0.3) is 11.6 Å². The summed E-state index contributed by atoms with van der Waals surface area (Å²) >= 11 is 1.32. The number of hydrogen-bond donors (Lipinski definition) is 1. The van der Waals surface area contributed by atoms with E-state index in [1.54, 1.807) is 18.4 Å². The van der Waals surface area contributed by atoms with Crippen LogP contribution in [0.4, 0.5) is 5.69 Å². The van der Waals surface area contributed by atoms with E-state index < -0.39 is 4.92 Å². The SMILES string of the molecule is CSc1ccc(C(=O)NC2CC3CC2C2CCCC32)cc1[N+](=O)[O-]. The minimum Gasteiger partial charge on any atom is -0.349 e. The molecule has 2 bridgehead atoms. The highest BCUT2D eigenvalue weighted by Gasteiger charge is 2.54. The van der Waals surface area contributed by atoms with Gasteiger partial charge >= 0.3 is 0 Å². The molecule has 3 fully saturated rings. The molecule has 4 rings (SSSR count). The number of fused-ring (bicyclic) bond motifs is 5. The van der Waals surface area contributed by atoms with Crippen molar-refractivity contribution in [1.29, 1.82) is 0 Å². The summed E-state index contributed by atoms with van der Waals surface area (Å²) in [5, 5.41) is 14.4. The van der Waals surface area contributed by atoms with E-state index in [2.05, 4.69) is 5.32 Å². The molecule has 1 N–H and O–H groups in total. The minimum atomic E-state index is -0.413. The Morgan fingerprint density at radius 2 is 2.04 bits per heavy atom. The van der Waals surface area contributed by atoms with Crippen LogP contribution >= 0.6 is 11.8 Å². The van der Waals surface area contributed by atoms with Crippen molar-refractivity contribution in [2.75, 3.05) is 6.26 Å². The fourth-order valence-corrected chi connectivity index (χ4v) is 6.01. The number of benzene rings is 1. The van der Waals surface area contributed by atoms with E-state index in [0.29, 0.717) is 16.4 Å². The fraction of sp³-hybridized carbons (Fsp3) is 0.611. The number of thioether (sulfide) groups is 1. The van der Waals surface area contributed by atoms with Crippen LogP contribution in [0.2, 0.25) is 0 Å². The Bertz CT molecular complexity index is 693. The number of nitro groups is 1. The van der Waals surface area contributed by atoms with Crippen LogP contribution in [0.25, 0.3) is 0 Å². The molecule has 1 aromatic carbocycles. The number of hydrogen-bond acceptors (Lipinski definition) is 4. The van der Waals surface area contributed by atoms with E-state index in [9.17, 15) is 14.9 Å². The molecule has 3 aliphatic carbocycles. The van der Waals surface area contributed by atoms with Crippen molar-refractivity contribution in [3.05, 3.63) is 33.9 Å². The van der Waals surface area contributed by atoms with Gasteiger partial charge < -0.3 is 5.32 Å². The van der Waals surface area contributed by atoms with Gasteiger partial charge in [-0.15, -0.1) is 11.8 Å². The van der Waals surface area contributed by atoms with Crippen LogP contribution in [0.3, 0.4) is 0 Å². The summed E-state index contributed by atoms with van der Waals surface area (Å²) in [5.41, 5.74) is 0.407. The number of rotatable bonds is 4. The largest absolute Gasteiger partial charge is 0.349 e. The van der Waals surface area contributed by atoms with Crippen LogP contribution in [-0.4, -0.2) is 23.1 Å². The average Bonchev–Trinajstić information content (AvgIpc) is 3.26. The number of nitrogens with one attached hydrogen (secondary N) is 1. The molecule has 24 heavy (non-hydrogen) atoms. The molecule has 0 saturated heterocycles. The smallest absolute Gasteiger partial charge is 0.283 e. The molecule has 1 aromatic rings. The van der Waals surface area contributed by atoms with E-state index in [-0.39, 0.29) is 17.6 Å². The Kier molecular flexibility index (Phi) is 4.03. The van der Waals surface area contributed by atoms with Crippen molar-refractivity contribution in [1.82, 2.24) is 5.32 Å². The van der Waals surface area contributed by atoms with E-state index in [1.165, 1.54) is 43.5 Å². The molecule has 5 atom stereocenters. The predicted octanol–water partition coefficient (Wildman–Crippen LogP) is 3.87. The topological polar surface area (TPSA) is 72.2 Å². The highest BCUT2D eigenvalue weighted by Crippen LogP contribution is 2.58. The van der Waals surface area contributed by atoms with Gasteiger partial charge in [-0.05, 0) is 67.7 Å². The second-order valence-corrected chi connectivity index (χ2v) is 8.23. The molecule has 0 heterocycles. The maximum atomic E-state index is 12.6. The third kappa shape index (κ3) is 2.51. The number of nitrogens with zero attached hydrogens (tertiary/aromatic N) is 1. The Hall–Kier alpha value is -1.56. The molecule has 5 unspecified atom stereocenters. The summed E-state index contributed by atoms with van der Waals surface area (Å²) in [6.07, 6.45) is 8.16. The first-order valence-electron chi connectivity index (χ1n) is 8.71. The molecule has 6 heteroatoms. The zero-order chi connectivity index (χ0) is 16.8. The summed E-state index contributed by atoms with van der Waals surface area (Å²) in [6, 6.07) is 5.03. The summed E-state index contributed by atoms with van der Waals surface area (Å²) in [7, 11) is 0. The van der Waals surface area contributed by atoms with Gasteiger partial charge in [0.1, 0.15) is 0 Å². The highest BCUT2D eigenvalue weighted by atomic mass is 32.2. The average molecular weight is 346 g/mol. The van der Waals surface area contributed by atoms with Crippen molar-refractivity contribution >= 4 is 23.4 Å². The zero-order valence-electron chi connectivity index (χ0n) is 13.7. The highest BCUT2D eigenvalue weighted by molar-refractivity contribution is 7.98. The van der Waals surface area contributed by atoms with Gasteiger partial charge in [-0.3, -0.25) is 14.9 Å². The molecule has 5 nitrogen and oxygen atoms in total. The molecule has 1 amide bonds. The number of amides is 1. The lowest BCUT2D eigenvalue weighted by molar-refractivity contribution is -0.387. The Labute approximate surface area is 145 Å². The summed E-state index contributed by atoms with van der Waals surface area (Å²) in [5.74, 6) is 2.91. The summed E-state index contributed by atoms with van der Waals surface area (Å²) in [4.78, 5) is 24.0. The van der Waals surface area contributed by atoms with Gasteiger partial charge in [0.05, 0.1) is 9.82 Å². The van der Waals surface area contributed by atoms with Gasteiger partial charge in [-0.1, -0.05) is 6.42 Å². The van der Waals surface area contributed by atoms with Crippen LogP contribution < -0.4 is 5.32 Å². The van der Waals surface area contributed by atoms with Crippen molar-refractivity contribution in [2.45, 2.75) is 43.0 Å². The van der Waals surface area contributed by atoms with Crippen LogP contribution in [0, 0.1) is 33.8 Å². The zero-order valence-corrected chi connectivity index (χ0v) is 14.6. The first-order chi connectivity index (χ1) is 11.6. The predicted molar refractivity (Wildman–Crippen MR) is 93.2 cm³/mol. The molecule has 3 saturated carbocycles. The molecule has 0 radical (unpaired) electrons. The van der Waals surface area contributed by atoms with Crippen molar-refractivity contribution in [2.24, 2.45) is 23.7 Å². The fourth-order valence-electron chi connectivity index (χ4n) is 5.46. The quantitative estimate of drug-likeness (QED) is 0.510. The van der Waals surface area contributed by atoms with E-state index in [0.717, 1.165) is 24.2 Å². The van der Waals surface area contributed by atoms with Gasteiger partial charge in [0.2, 0.25) is 0 Å². The second-order valence-electron chi connectivity index (χ2n) is 7.38. The van der Waals surface area contributed by atoms with Crippen LogP contribution in [0.15, 0.2) is 23.1 Å². The number of nitro benzene ring substituents is 1. The van der Waals surface area contributed by atoms with Gasteiger partial charge in [-0.25, -0.2) is 0 Å². The normalized spacial score (nSPS) is 33.5. The molecule has 0 spiro atoms. The third-order valence-electron chi connectivity index (χ3n) is 6.38. The van der Waals surface area contributed by atoms with Crippen LogP contribution in [-0.2, 0) is 0 Å². The Balaban J connectivity index is 1.49. The van der Waals surface area contributed by atoms with Crippen molar-refractivity contribution in [3.8, 4) is 0 Å². The first kappa shape index (κ1) is 15.9. The van der Waals surface area contributed by atoms with Gasteiger partial charge in [-0.2, -0.15) is 0 Å². The van der Waals surface area contributed by atoms with E-state index >= 15 is 0 Å². The Morgan fingerprint density at radius 1 is 1.25 bits per heavy atom. The maximum Gasteiger partial charge on any atom is 0.283 e. The van der Waals surface area contributed by atoms with Gasteiger partial charge in [0, 0.05) is 17.7 Å². The first-order valence-corrected chi connectivity index (χ1v) is 9.94. The van der Waals surface area contributed by atoms with Crippen LogP contribution in [0.1, 0.15) is 42.5 Å². The number of carbonyl (C=O) groups is 1. The van der Waals surface area contributed by atoms with Crippen molar-refractivity contribution in [3.63, 3.8) is 0 Å². The molecule has 3 aliphatic rings. The molecular formula is C18H22N2O3S.